The second-order valence-corrected chi connectivity index (χ2v) is 5.72. The maximum atomic E-state index is 5.66. The fourth-order valence-corrected chi connectivity index (χ4v) is 2.09. The standard InChI is InChI=1S/C18H29N3O2.HI/c1-2-19-18(20-11-6-13-22-15-16-9-10-16)21-12-14-23-17-7-4-3-5-8-17;/h3-5,7-8,16H,2,6,9-15H2,1H3,(H2,19,20,21);1H. The van der Waals surface area contributed by atoms with Crippen molar-refractivity contribution in [2.45, 2.75) is 26.2 Å². The Morgan fingerprint density at radius 3 is 2.67 bits per heavy atom. The summed E-state index contributed by atoms with van der Waals surface area (Å²) >= 11 is 0. The first-order valence-electron chi connectivity index (χ1n) is 8.66. The van der Waals surface area contributed by atoms with Crippen LogP contribution in [0.3, 0.4) is 0 Å². The number of ether oxygens (including phenoxy) is 2. The van der Waals surface area contributed by atoms with E-state index in [9.17, 15) is 0 Å². The highest BCUT2D eigenvalue weighted by atomic mass is 127. The van der Waals surface area contributed by atoms with Crippen LogP contribution in [0.25, 0.3) is 0 Å². The van der Waals surface area contributed by atoms with E-state index >= 15 is 0 Å². The number of guanidine groups is 1. The summed E-state index contributed by atoms with van der Waals surface area (Å²) in [5, 5.41) is 6.53. The third-order valence-electron chi connectivity index (χ3n) is 3.52. The molecule has 24 heavy (non-hydrogen) atoms. The molecule has 1 saturated carbocycles. The number of benzene rings is 1. The maximum absolute atomic E-state index is 5.66. The van der Waals surface area contributed by atoms with E-state index in [0.717, 1.165) is 56.9 Å². The van der Waals surface area contributed by atoms with Gasteiger partial charge >= 0.3 is 0 Å². The number of rotatable bonds is 11. The zero-order valence-corrected chi connectivity index (χ0v) is 16.8. The molecule has 1 aromatic carbocycles. The number of nitrogens with one attached hydrogen (secondary N) is 2. The summed E-state index contributed by atoms with van der Waals surface area (Å²) in [5.41, 5.74) is 0. The zero-order chi connectivity index (χ0) is 16.2. The lowest BCUT2D eigenvalue weighted by molar-refractivity contribution is 0.123. The van der Waals surface area contributed by atoms with E-state index in [1.54, 1.807) is 0 Å². The molecule has 0 saturated heterocycles. The predicted molar refractivity (Wildman–Crippen MR) is 109 cm³/mol. The molecule has 1 fully saturated rings. The van der Waals surface area contributed by atoms with Crippen LogP contribution in [0.5, 0.6) is 5.75 Å². The van der Waals surface area contributed by atoms with Crippen molar-refractivity contribution in [1.82, 2.24) is 10.6 Å². The van der Waals surface area contributed by atoms with Crippen LogP contribution >= 0.6 is 24.0 Å². The van der Waals surface area contributed by atoms with E-state index in [1.165, 1.54) is 12.8 Å². The van der Waals surface area contributed by atoms with Gasteiger partial charge in [0.1, 0.15) is 12.4 Å². The molecule has 2 rings (SSSR count). The van der Waals surface area contributed by atoms with E-state index in [4.69, 9.17) is 9.47 Å². The highest BCUT2D eigenvalue weighted by Gasteiger charge is 2.20. The minimum Gasteiger partial charge on any atom is -0.492 e. The van der Waals surface area contributed by atoms with E-state index in [1.807, 2.05) is 30.3 Å². The quantitative estimate of drug-likeness (QED) is 0.237. The van der Waals surface area contributed by atoms with E-state index in [0.29, 0.717) is 6.61 Å². The summed E-state index contributed by atoms with van der Waals surface area (Å²) in [5.74, 6) is 2.57. The van der Waals surface area contributed by atoms with Gasteiger partial charge in [-0.05, 0) is 44.2 Å². The molecule has 0 aliphatic heterocycles. The van der Waals surface area contributed by atoms with Crippen LogP contribution in [0.2, 0.25) is 0 Å². The Morgan fingerprint density at radius 1 is 1.17 bits per heavy atom. The summed E-state index contributed by atoms with van der Waals surface area (Å²) < 4.78 is 11.3. The molecule has 0 amide bonds. The summed E-state index contributed by atoms with van der Waals surface area (Å²) in [6.45, 7) is 6.76. The number of nitrogens with zero attached hydrogens (tertiary/aromatic N) is 1. The Balaban J connectivity index is 0.00000288. The van der Waals surface area contributed by atoms with Gasteiger partial charge in [0.05, 0.1) is 6.54 Å². The number of hydrogen-bond donors (Lipinski definition) is 2. The maximum Gasteiger partial charge on any atom is 0.191 e. The van der Waals surface area contributed by atoms with Crippen molar-refractivity contribution in [3.63, 3.8) is 0 Å². The molecule has 6 heteroatoms. The van der Waals surface area contributed by atoms with Crippen molar-refractivity contribution >= 4 is 29.9 Å². The van der Waals surface area contributed by atoms with Gasteiger partial charge in [-0.3, -0.25) is 4.99 Å². The minimum atomic E-state index is 0. The van der Waals surface area contributed by atoms with Crippen LogP contribution in [0.15, 0.2) is 35.3 Å². The first-order valence-corrected chi connectivity index (χ1v) is 8.66. The van der Waals surface area contributed by atoms with Crippen molar-refractivity contribution in [2.24, 2.45) is 10.9 Å². The molecule has 0 unspecified atom stereocenters. The monoisotopic (exact) mass is 447 g/mol. The summed E-state index contributed by atoms with van der Waals surface area (Å²) in [6.07, 6.45) is 3.65. The number of para-hydroxylation sites is 1. The molecule has 5 nitrogen and oxygen atoms in total. The summed E-state index contributed by atoms with van der Waals surface area (Å²) in [6, 6.07) is 9.84. The predicted octanol–water partition coefficient (Wildman–Crippen LogP) is 3.06. The SMILES string of the molecule is CCNC(=NCCCOCC1CC1)NCCOc1ccccc1.I. The molecule has 0 bridgehead atoms. The van der Waals surface area contributed by atoms with Gasteiger partial charge in [0.15, 0.2) is 5.96 Å². The Hall–Kier alpha value is -1.02. The van der Waals surface area contributed by atoms with Gasteiger partial charge in [0.25, 0.3) is 0 Å². The lowest BCUT2D eigenvalue weighted by Gasteiger charge is -2.12. The second-order valence-electron chi connectivity index (χ2n) is 5.72. The number of hydrogen-bond acceptors (Lipinski definition) is 3. The van der Waals surface area contributed by atoms with E-state index in [-0.39, 0.29) is 24.0 Å². The molecule has 0 radical (unpaired) electrons. The Kier molecular flexibility index (Phi) is 11.6. The van der Waals surface area contributed by atoms with Gasteiger partial charge in [0.2, 0.25) is 0 Å². The third kappa shape index (κ3) is 9.97. The molecule has 0 atom stereocenters. The van der Waals surface area contributed by atoms with Gasteiger partial charge in [0, 0.05) is 26.3 Å². The fourth-order valence-electron chi connectivity index (χ4n) is 2.09. The van der Waals surface area contributed by atoms with Crippen molar-refractivity contribution < 1.29 is 9.47 Å². The van der Waals surface area contributed by atoms with Crippen molar-refractivity contribution in [3.05, 3.63) is 30.3 Å². The lowest BCUT2D eigenvalue weighted by atomic mass is 10.3. The molecule has 0 spiro atoms. The Morgan fingerprint density at radius 2 is 1.96 bits per heavy atom. The topological polar surface area (TPSA) is 54.9 Å². The second kappa shape index (κ2) is 13.3. The van der Waals surface area contributed by atoms with Gasteiger partial charge in [-0.25, -0.2) is 0 Å². The minimum absolute atomic E-state index is 0. The van der Waals surface area contributed by atoms with Crippen LogP contribution in [0.1, 0.15) is 26.2 Å². The molecular weight excluding hydrogens is 417 g/mol. The van der Waals surface area contributed by atoms with Crippen molar-refractivity contribution in [3.8, 4) is 5.75 Å². The zero-order valence-electron chi connectivity index (χ0n) is 14.5. The molecule has 0 aromatic heterocycles. The van der Waals surface area contributed by atoms with Crippen molar-refractivity contribution in [1.29, 1.82) is 0 Å². The first kappa shape index (κ1) is 21.0. The summed E-state index contributed by atoms with van der Waals surface area (Å²) in [4.78, 5) is 4.55. The largest absolute Gasteiger partial charge is 0.492 e. The highest BCUT2D eigenvalue weighted by Crippen LogP contribution is 2.28. The van der Waals surface area contributed by atoms with E-state index in [2.05, 4.69) is 22.5 Å². The lowest BCUT2D eigenvalue weighted by Crippen LogP contribution is -2.39. The number of aliphatic imine (C=N–C) groups is 1. The van der Waals surface area contributed by atoms with Crippen molar-refractivity contribution in [2.75, 3.05) is 39.5 Å². The Labute approximate surface area is 162 Å². The summed E-state index contributed by atoms with van der Waals surface area (Å²) in [7, 11) is 0. The fraction of sp³-hybridized carbons (Fsp3) is 0.611. The van der Waals surface area contributed by atoms with Gasteiger partial charge in [-0.2, -0.15) is 0 Å². The van der Waals surface area contributed by atoms with Crippen LogP contribution in [0.4, 0.5) is 0 Å². The molecule has 136 valence electrons. The average Bonchev–Trinajstić information content (AvgIpc) is 3.40. The number of halogens is 1. The van der Waals surface area contributed by atoms with Crippen LogP contribution in [0, 0.1) is 5.92 Å². The van der Waals surface area contributed by atoms with Crippen LogP contribution in [-0.2, 0) is 4.74 Å². The third-order valence-corrected chi connectivity index (χ3v) is 3.52. The Bertz CT molecular complexity index is 453. The molecule has 0 heterocycles. The van der Waals surface area contributed by atoms with Crippen LogP contribution < -0.4 is 15.4 Å². The molecular formula is C18H30IN3O2. The smallest absolute Gasteiger partial charge is 0.191 e. The van der Waals surface area contributed by atoms with Gasteiger partial charge in [-0.15, -0.1) is 24.0 Å². The van der Waals surface area contributed by atoms with Crippen LogP contribution in [-0.4, -0.2) is 45.4 Å². The van der Waals surface area contributed by atoms with E-state index < -0.39 is 0 Å². The molecule has 1 aromatic rings. The highest BCUT2D eigenvalue weighted by molar-refractivity contribution is 14.0. The first-order chi connectivity index (χ1) is 11.4. The van der Waals surface area contributed by atoms with Gasteiger partial charge < -0.3 is 20.1 Å². The average molecular weight is 447 g/mol. The molecule has 2 N–H and O–H groups in total. The molecule has 1 aliphatic carbocycles. The molecule has 1 aliphatic rings. The van der Waals surface area contributed by atoms with Gasteiger partial charge in [-0.1, -0.05) is 18.2 Å². The normalized spacial score (nSPS) is 14.0.